The lowest BCUT2D eigenvalue weighted by Gasteiger charge is -2.16. The average molecular weight is 382 g/mol. The summed E-state index contributed by atoms with van der Waals surface area (Å²) < 4.78 is 5.46. The maximum atomic E-state index is 12.4. The van der Waals surface area contributed by atoms with Gasteiger partial charge in [-0.05, 0) is 50.3 Å². The van der Waals surface area contributed by atoms with Crippen molar-refractivity contribution >= 4 is 40.5 Å². The van der Waals surface area contributed by atoms with Crippen molar-refractivity contribution in [3.8, 4) is 5.75 Å². The summed E-state index contributed by atoms with van der Waals surface area (Å²) >= 11 is 6.12. The third-order valence-corrected chi connectivity index (χ3v) is 4.26. The molecule has 1 aliphatic carbocycles. The third kappa shape index (κ3) is 3.93. The molecule has 1 aromatic carbocycles. The molecule has 0 aliphatic heterocycles. The molecule has 6 heteroatoms. The van der Waals surface area contributed by atoms with Crippen molar-refractivity contribution in [2.24, 2.45) is 4.99 Å². The Bertz CT molecular complexity index is 977. The highest BCUT2D eigenvalue weighted by atomic mass is 35.5. The fraction of sp³-hybridized carbons (Fsp3) is 0.190. The molecule has 5 nitrogen and oxygen atoms in total. The molecular weight excluding hydrogens is 362 g/mol. The number of benzene rings is 1. The molecule has 0 unspecified atom stereocenters. The number of ketones is 1. The number of halogens is 1. The minimum absolute atomic E-state index is 0.0834. The van der Waals surface area contributed by atoms with Crippen LogP contribution in [-0.2, 0) is 0 Å². The summed E-state index contributed by atoms with van der Waals surface area (Å²) in [4.78, 5) is 21.3. The van der Waals surface area contributed by atoms with Crippen LogP contribution in [0, 0.1) is 0 Å². The molecule has 0 radical (unpaired) electrons. The Morgan fingerprint density at radius 1 is 1.30 bits per heavy atom. The van der Waals surface area contributed by atoms with E-state index in [0.717, 1.165) is 5.69 Å². The Hall–Kier alpha value is -2.92. The van der Waals surface area contributed by atoms with Crippen molar-refractivity contribution in [2.75, 3.05) is 12.4 Å². The van der Waals surface area contributed by atoms with E-state index in [0.29, 0.717) is 28.4 Å². The summed E-state index contributed by atoms with van der Waals surface area (Å²) in [6.45, 7) is 7.80. The quantitative estimate of drug-likeness (QED) is 0.792. The van der Waals surface area contributed by atoms with Crippen LogP contribution in [0.15, 0.2) is 53.0 Å². The Kier molecular flexibility index (Phi) is 5.42. The monoisotopic (exact) mass is 381 g/mol. The molecule has 0 saturated carbocycles. The predicted octanol–water partition coefficient (Wildman–Crippen LogP) is 4.99. The van der Waals surface area contributed by atoms with E-state index >= 15 is 0 Å². The molecule has 1 heterocycles. The number of hydrogen-bond donors (Lipinski definition) is 1. The number of Topliss-reactive ketones (excluding diaryl/α,β-unsaturated/α-hetero) is 1. The summed E-state index contributed by atoms with van der Waals surface area (Å²) in [5.41, 5.74) is 3.68. The van der Waals surface area contributed by atoms with Crippen molar-refractivity contribution < 1.29 is 9.53 Å². The summed E-state index contributed by atoms with van der Waals surface area (Å²) in [7, 11) is 1.61. The number of carbonyl (C=O) groups is 1. The second kappa shape index (κ2) is 7.76. The molecular formula is C21H20ClN3O2. The highest BCUT2D eigenvalue weighted by Crippen LogP contribution is 2.31. The van der Waals surface area contributed by atoms with Gasteiger partial charge in [-0.25, -0.2) is 9.98 Å². The molecule has 3 rings (SSSR count). The molecule has 2 aromatic rings. The van der Waals surface area contributed by atoms with E-state index < -0.39 is 0 Å². The number of aliphatic imine (C=N–C) groups is 1. The van der Waals surface area contributed by atoms with Crippen LogP contribution in [0.4, 0.5) is 11.4 Å². The highest BCUT2D eigenvalue weighted by Gasteiger charge is 2.25. The Morgan fingerprint density at radius 2 is 2.07 bits per heavy atom. The van der Waals surface area contributed by atoms with E-state index in [2.05, 4.69) is 35.7 Å². The van der Waals surface area contributed by atoms with Crippen molar-refractivity contribution in [1.29, 1.82) is 0 Å². The van der Waals surface area contributed by atoms with Gasteiger partial charge in [0.2, 0.25) is 5.78 Å². The Morgan fingerprint density at radius 3 is 2.74 bits per heavy atom. The number of nitrogens with one attached hydrogen (secondary N) is 1. The average Bonchev–Trinajstić information content (AvgIpc) is 2.66. The minimum atomic E-state index is -0.316. The van der Waals surface area contributed by atoms with Crippen LogP contribution in [0.2, 0.25) is 0 Å². The van der Waals surface area contributed by atoms with Crippen molar-refractivity contribution in [2.45, 2.75) is 19.9 Å². The summed E-state index contributed by atoms with van der Waals surface area (Å²) in [5, 5.41) is 3.41. The third-order valence-electron chi connectivity index (χ3n) is 3.98. The predicted molar refractivity (Wildman–Crippen MR) is 111 cm³/mol. The van der Waals surface area contributed by atoms with E-state index in [1.807, 2.05) is 24.3 Å². The molecule has 0 bridgehead atoms. The number of hydrogen-bond acceptors (Lipinski definition) is 5. The molecule has 1 N–H and O–H groups in total. The molecule has 0 atom stereocenters. The van der Waals surface area contributed by atoms with Gasteiger partial charge in [0, 0.05) is 17.7 Å². The number of allylic oxidation sites excluding steroid dienone is 2. The van der Waals surface area contributed by atoms with Gasteiger partial charge in [0.15, 0.2) is 0 Å². The Labute approximate surface area is 163 Å². The van der Waals surface area contributed by atoms with E-state index in [-0.39, 0.29) is 22.6 Å². The van der Waals surface area contributed by atoms with E-state index in [1.165, 1.54) is 0 Å². The smallest absolute Gasteiger partial charge is 0.223 e. The molecule has 1 aliphatic rings. The summed E-state index contributed by atoms with van der Waals surface area (Å²) in [5.74, 6) is 0.372. The Balaban J connectivity index is 2.07. The summed E-state index contributed by atoms with van der Waals surface area (Å²) in [6, 6.07) is 9.50. The first-order valence-electron chi connectivity index (χ1n) is 8.52. The molecule has 0 amide bonds. The number of carbonyl (C=O) groups excluding carboxylic acids is 1. The maximum Gasteiger partial charge on any atom is 0.223 e. The van der Waals surface area contributed by atoms with Gasteiger partial charge in [-0.15, -0.1) is 0 Å². The number of ether oxygens (including phenoxy) is 1. The zero-order valence-electron chi connectivity index (χ0n) is 15.4. The lowest BCUT2D eigenvalue weighted by Crippen LogP contribution is -2.17. The number of methoxy groups -OCH3 is 1. The topological polar surface area (TPSA) is 63.6 Å². The molecule has 0 spiro atoms. The minimum Gasteiger partial charge on any atom is -0.495 e. The fourth-order valence-electron chi connectivity index (χ4n) is 2.76. The van der Waals surface area contributed by atoms with Crippen LogP contribution < -0.4 is 10.1 Å². The molecule has 0 fully saturated rings. The lowest BCUT2D eigenvalue weighted by atomic mass is 9.98. The fourth-order valence-corrected chi connectivity index (χ4v) is 2.95. The summed E-state index contributed by atoms with van der Waals surface area (Å²) in [6.07, 6.45) is 3.15. The second-order valence-electron chi connectivity index (χ2n) is 6.34. The molecule has 1 aromatic heterocycles. The number of rotatable bonds is 5. The zero-order valence-corrected chi connectivity index (χ0v) is 16.2. The van der Waals surface area contributed by atoms with Gasteiger partial charge >= 0.3 is 0 Å². The number of nitrogens with zero attached hydrogens (tertiary/aromatic N) is 2. The van der Waals surface area contributed by atoms with Crippen molar-refractivity contribution in [3.63, 3.8) is 0 Å². The van der Waals surface area contributed by atoms with Gasteiger partial charge in [0.25, 0.3) is 0 Å². The van der Waals surface area contributed by atoms with Crippen molar-refractivity contribution in [3.05, 3.63) is 65.0 Å². The van der Waals surface area contributed by atoms with E-state index in [4.69, 9.17) is 16.3 Å². The van der Waals surface area contributed by atoms with Crippen LogP contribution in [0.3, 0.4) is 0 Å². The first kappa shape index (κ1) is 18.9. The van der Waals surface area contributed by atoms with E-state index in [1.54, 1.807) is 25.3 Å². The standard InChI is InChI=1S/C21H20ClN3O2/c1-5-13-6-8-15-18(11-16(22)21(26)20(15)25-13)24-14-7-9-17(23-12(2)3)19(10-14)27-4/h5-12,23H,1H2,2-4H3/b24-18+. The first-order valence-corrected chi connectivity index (χ1v) is 8.89. The van der Waals surface area contributed by atoms with Gasteiger partial charge < -0.3 is 10.1 Å². The molecule has 0 saturated heterocycles. The molecule has 138 valence electrons. The first-order chi connectivity index (χ1) is 12.9. The number of anilines is 1. The normalized spacial score (nSPS) is 14.8. The zero-order chi connectivity index (χ0) is 19.6. The van der Waals surface area contributed by atoms with Crippen LogP contribution in [-0.4, -0.2) is 29.6 Å². The number of fused-ring (bicyclic) bond motifs is 1. The van der Waals surface area contributed by atoms with Crippen LogP contribution in [0.5, 0.6) is 5.75 Å². The van der Waals surface area contributed by atoms with Gasteiger partial charge in [-0.3, -0.25) is 4.79 Å². The molecule has 27 heavy (non-hydrogen) atoms. The van der Waals surface area contributed by atoms with Gasteiger partial charge in [0.05, 0.1) is 34.9 Å². The number of aromatic nitrogens is 1. The van der Waals surface area contributed by atoms with Crippen LogP contribution in [0.1, 0.15) is 35.6 Å². The highest BCUT2D eigenvalue weighted by molar-refractivity contribution is 6.49. The number of pyridine rings is 1. The van der Waals surface area contributed by atoms with Gasteiger partial charge in [-0.1, -0.05) is 18.2 Å². The van der Waals surface area contributed by atoms with Gasteiger partial charge in [-0.2, -0.15) is 0 Å². The SMILES string of the molecule is C=Cc1ccc2c(n1)C(=O)C(Cl)=C/C2=N\c1ccc(NC(C)C)c(OC)c1. The van der Waals surface area contributed by atoms with E-state index in [9.17, 15) is 4.79 Å². The lowest BCUT2D eigenvalue weighted by molar-refractivity contribution is 0.103. The van der Waals surface area contributed by atoms with Crippen molar-refractivity contribution in [1.82, 2.24) is 4.98 Å². The van der Waals surface area contributed by atoms with Gasteiger partial charge in [0.1, 0.15) is 11.4 Å². The van der Waals surface area contributed by atoms with Crippen LogP contribution in [0.25, 0.3) is 6.08 Å². The maximum absolute atomic E-state index is 12.4. The van der Waals surface area contributed by atoms with Crippen LogP contribution >= 0.6 is 11.6 Å². The second-order valence-corrected chi connectivity index (χ2v) is 6.75. The largest absolute Gasteiger partial charge is 0.495 e.